The molecule has 2 unspecified atom stereocenters. The molecule has 2 atom stereocenters. The van der Waals surface area contributed by atoms with Crippen molar-refractivity contribution in [1.29, 1.82) is 0 Å². The lowest BCUT2D eigenvalue weighted by Crippen LogP contribution is -2.45. The molecule has 0 aromatic heterocycles. The fourth-order valence-corrected chi connectivity index (χ4v) is 3.46. The second-order valence-electron chi connectivity index (χ2n) is 6.25. The first-order valence-electron chi connectivity index (χ1n) is 7.65. The van der Waals surface area contributed by atoms with Gasteiger partial charge in [0.2, 0.25) is 0 Å². The van der Waals surface area contributed by atoms with E-state index in [0.717, 1.165) is 51.1 Å². The number of hydrogen-bond acceptors (Lipinski definition) is 3. The van der Waals surface area contributed by atoms with E-state index in [1.165, 1.54) is 5.56 Å². The second-order valence-corrected chi connectivity index (χ2v) is 6.25. The Morgan fingerprint density at radius 1 is 1.15 bits per heavy atom. The molecule has 1 aromatic carbocycles. The molecule has 0 amide bonds. The van der Waals surface area contributed by atoms with Gasteiger partial charge in [-0.15, -0.1) is 0 Å². The van der Waals surface area contributed by atoms with Gasteiger partial charge < -0.3 is 14.6 Å². The Hall–Kier alpha value is -0.900. The molecule has 20 heavy (non-hydrogen) atoms. The van der Waals surface area contributed by atoms with Gasteiger partial charge in [-0.1, -0.05) is 29.8 Å². The molecule has 2 aliphatic rings. The van der Waals surface area contributed by atoms with Crippen molar-refractivity contribution in [2.45, 2.75) is 44.3 Å². The molecule has 2 heterocycles. The zero-order valence-corrected chi connectivity index (χ0v) is 12.2. The summed E-state index contributed by atoms with van der Waals surface area (Å²) in [6.45, 7) is 4.40. The molecule has 0 saturated carbocycles. The lowest BCUT2D eigenvalue weighted by Gasteiger charge is -2.44. The molecule has 0 aliphatic carbocycles. The number of aliphatic hydroxyl groups excluding tert-OH is 1. The summed E-state index contributed by atoms with van der Waals surface area (Å²) in [7, 11) is 0. The van der Waals surface area contributed by atoms with Crippen LogP contribution in [-0.2, 0) is 9.47 Å². The minimum atomic E-state index is -0.376. The Bertz CT molecular complexity index is 429. The Balaban J connectivity index is 1.71. The second kappa shape index (κ2) is 5.84. The van der Waals surface area contributed by atoms with Gasteiger partial charge in [-0.25, -0.2) is 0 Å². The third-order valence-electron chi connectivity index (χ3n) is 4.80. The van der Waals surface area contributed by atoms with Crippen molar-refractivity contribution < 1.29 is 14.6 Å². The average molecular weight is 276 g/mol. The van der Waals surface area contributed by atoms with Gasteiger partial charge in [-0.3, -0.25) is 0 Å². The van der Waals surface area contributed by atoms with Crippen LogP contribution in [0.15, 0.2) is 24.3 Å². The number of rotatable bonds is 2. The van der Waals surface area contributed by atoms with Gasteiger partial charge >= 0.3 is 0 Å². The van der Waals surface area contributed by atoms with Gasteiger partial charge in [-0.05, 0) is 44.1 Å². The van der Waals surface area contributed by atoms with E-state index in [9.17, 15) is 5.11 Å². The van der Waals surface area contributed by atoms with E-state index >= 15 is 0 Å². The highest BCUT2D eigenvalue weighted by Crippen LogP contribution is 2.41. The van der Waals surface area contributed by atoms with Crippen LogP contribution >= 0.6 is 0 Å². The zero-order valence-electron chi connectivity index (χ0n) is 12.2. The Morgan fingerprint density at radius 2 is 1.85 bits per heavy atom. The van der Waals surface area contributed by atoms with E-state index in [1.807, 2.05) is 12.1 Å². The van der Waals surface area contributed by atoms with Crippen molar-refractivity contribution in [3.63, 3.8) is 0 Å². The van der Waals surface area contributed by atoms with Crippen LogP contribution in [0.5, 0.6) is 0 Å². The van der Waals surface area contributed by atoms with Crippen LogP contribution in [0.2, 0.25) is 0 Å². The summed E-state index contributed by atoms with van der Waals surface area (Å²) in [5, 5.41) is 10.7. The molecular weight excluding hydrogens is 252 g/mol. The predicted octanol–water partition coefficient (Wildman–Crippen LogP) is 3.00. The maximum atomic E-state index is 10.7. The van der Waals surface area contributed by atoms with Crippen molar-refractivity contribution in [3.05, 3.63) is 35.4 Å². The topological polar surface area (TPSA) is 38.7 Å². The lowest BCUT2D eigenvalue weighted by molar-refractivity contribution is -0.159. The maximum absolute atomic E-state index is 10.7. The number of benzene rings is 1. The predicted molar refractivity (Wildman–Crippen MR) is 77.6 cm³/mol. The molecule has 2 fully saturated rings. The molecule has 3 heteroatoms. The van der Waals surface area contributed by atoms with Crippen LogP contribution in [0.4, 0.5) is 0 Å². The van der Waals surface area contributed by atoms with Gasteiger partial charge in [0.05, 0.1) is 11.7 Å². The first-order valence-corrected chi connectivity index (χ1v) is 7.65. The summed E-state index contributed by atoms with van der Waals surface area (Å²) in [6, 6.07) is 8.24. The molecule has 0 radical (unpaired) electrons. The summed E-state index contributed by atoms with van der Waals surface area (Å²) in [6.07, 6.45) is 3.44. The van der Waals surface area contributed by atoms with E-state index in [1.54, 1.807) is 0 Å². The van der Waals surface area contributed by atoms with Crippen LogP contribution in [0.1, 0.15) is 42.9 Å². The molecule has 110 valence electrons. The molecular formula is C17H24O3. The summed E-state index contributed by atoms with van der Waals surface area (Å²) < 4.78 is 11.5. The van der Waals surface area contributed by atoms with Gasteiger partial charge in [0.15, 0.2) is 0 Å². The molecule has 2 aliphatic heterocycles. The number of ether oxygens (including phenoxy) is 2. The fraction of sp³-hybridized carbons (Fsp3) is 0.647. The zero-order chi connectivity index (χ0) is 14.0. The summed E-state index contributed by atoms with van der Waals surface area (Å²) >= 11 is 0. The number of aryl methyl sites for hydroxylation is 1. The minimum Gasteiger partial charge on any atom is -0.388 e. The van der Waals surface area contributed by atoms with Crippen molar-refractivity contribution in [2.75, 3.05) is 19.8 Å². The third-order valence-corrected chi connectivity index (χ3v) is 4.80. The van der Waals surface area contributed by atoms with Crippen LogP contribution < -0.4 is 0 Å². The average Bonchev–Trinajstić information content (AvgIpc) is 2.48. The first kappa shape index (κ1) is 14.1. The van der Waals surface area contributed by atoms with Gasteiger partial charge in [0.25, 0.3) is 0 Å². The summed E-state index contributed by atoms with van der Waals surface area (Å²) in [5.74, 6) is 0.296. The third kappa shape index (κ3) is 2.90. The first-order chi connectivity index (χ1) is 9.69. The molecule has 2 saturated heterocycles. The molecule has 1 aromatic rings. The Labute approximate surface area is 120 Å². The van der Waals surface area contributed by atoms with Gasteiger partial charge in [0, 0.05) is 19.8 Å². The minimum absolute atomic E-state index is 0.0488. The summed E-state index contributed by atoms with van der Waals surface area (Å²) in [5.41, 5.74) is 2.21. The number of hydrogen-bond donors (Lipinski definition) is 1. The van der Waals surface area contributed by atoms with E-state index in [2.05, 4.69) is 19.1 Å². The van der Waals surface area contributed by atoms with E-state index in [-0.39, 0.29) is 11.7 Å². The van der Waals surface area contributed by atoms with Crippen molar-refractivity contribution in [1.82, 2.24) is 0 Å². The van der Waals surface area contributed by atoms with Crippen LogP contribution in [-0.4, -0.2) is 30.5 Å². The van der Waals surface area contributed by atoms with Crippen molar-refractivity contribution in [2.24, 2.45) is 5.92 Å². The fourth-order valence-electron chi connectivity index (χ4n) is 3.46. The monoisotopic (exact) mass is 276 g/mol. The number of aliphatic hydroxyl groups is 1. The highest BCUT2D eigenvalue weighted by molar-refractivity contribution is 5.23. The standard InChI is InChI=1S/C17H24O3/c1-13-2-4-14(5-3-13)16(18)15-6-9-20-17(12-15)7-10-19-11-8-17/h2-5,15-16,18H,6-12H2,1H3. The van der Waals surface area contributed by atoms with Gasteiger partial charge in [0.1, 0.15) is 0 Å². The highest BCUT2D eigenvalue weighted by Gasteiger charge is 2.41. The smallest absolute Gasteiger partial charge is 0.0820 e. The highest BCUT2D eigenvalue weighted by atomic mass is 16.5. The SMILES string of the molecule is Cc1ccc(C(O)C2CCOC3(CCOCC3)C2)cc1. The van der Waals surface area contributed by atoms with Crippen molar-refractivity contribution >= 4 is 0 Å². The van der Waals surface area contributed by atoms with Crippen LogP contribution in [0.25, 0.3) is 0 Å². The molecule has 0 bridgehead atoms. The van der Waals surface area contributed by atoms with E-state index < -0.39 is 0 Å². The Morgan fingerprint density at radius 3 is 2.55 bits per heavy atom. The largest absolute Gasteiger partial charge is 0.388 e. The Kier molecular flexibility index (Phi) is 4.11. The van der Waals surface area contributed by atoms with Crippen LogP contribution in [0, 0.1) is 12.8 Å². The lowest BCUT2D eigenvalue weighted by atomic mass is 9.77. The molecule has 1 N–H and O–H groups in total. The van der Waals surface area contributed by atoms with E-state index in [0.29, 0.717) is 5.92 Å². The maximum Gasteiger partial charge on any atom is 0.0820 e. The van der Waals surface area contributed by atoms with E-state index in [4.69, 9.17) is 9.47 Å². The van der Waals surface area contributed by atoms with Crippen LogP contribution in [0.3, 0.4) is 0 Å². The molecule has 3 rings (SSSR count). The van der Waals surface area contributed by atoms with Crippen molar-refractivity contribution in [3.8, 4) is 0 Å². The quantitative estimate of drug-likeness (QED) is 0.902. The van der Waals surface area contributed by atoms with Gasteiger partial charge in [-0.2, -0.15) is 0 Å². The normalized spacial score (nSPS) is 27.4. The molecule has 1 spiro atoms. The summed E-state index contributed by atoms with van der Waals surface area (Å²) in [4.78, 5) is 0. The molecule has 3 nitrogen and oxygen atoms in total.